The van der Waals surface area contributed by atoms with Crippen molar-refractivity contribution >= 4 is 26.7 Å². The Bertz CT molecular complexity index is 842. The van der Waals surface area contributed by atoms with Gasteiger partial charge in [-0.25, -0.2) is 0 Å². The molecule has 2 heterocycles. The van der Waals surface area contributed by atoms with E-state index in [1.165, 1.54) is 24.5 Å². The first-order valence-corrected chi connectivity index (χ1v) is 6.79. The van der Waals surface area contributed by atoms with Crippen molar-refractivity contribution in [2.45, 2.75) is 4.90 Å². The van der Waals surface area contributed by atoms with Gasteiger partial charge >= 0.3 is 0 Å². The van der Waals surface area contributed by atoms with E-state index in [-0.39, 0.29) is 4.90 Å². The number of rotatable bonds is 2. The van der Waals surface area contributed by atoms with Crippen LogP contribution in [-0.4, -0.2) is 27.8 Å². The fourth-order valence-electron chi connectivity index (χ4n) is 1.69. The molecule has 1 aromatic carbocycles. The molecule has 0 bridgehead atoms. The molecule has 0 fully saturated rings. The maximum atomic E-state index is 12.4. The molecule has 0 spiro atoms. The molecule has 8 heteroatoms. The fraction of sp³-hybridized carbons (Fsp3) is 0. The first-order valence-electron chi connectivity index (χ1n) is 5.35. The molecule has 2 N–H and O–H groups in total. The van der Waals surface area contributed by atoms with Crippen molar-refractivity contribution in [2.24, 2.45) is 0 Å². The molecule has 0 saturated heterocycles. The van der Waals surface area contributed by atoms with Crippen LogP contribution in [0, 0.1) is 0 Å². The molecule has 0 atom stereocenters. The van der Waals surface area contributed by atoms with Crippen LogP contribution in [0.1, 0.15) is 0 Å². The second kappa shape index (κ2) is 4.02. The third-order valence-corrected chi connectivity index (χ3v) is 4.16. The SMILES string of the molecule is Nc1ccc2nnn(S(=O)(=O)c3cccnc3)c2c1. The lowest BCUT2D eigenvalue weighted by atomic mass is 10.3. The molecule has 7 nitrogen and oxygen atoms in total. The molecular formula is C11H9N5O2S. The second-order valence-electron chi connectivity index (χ2n) is 3.87. The number of hydrogen-bond donors (Lipinski definition) is 1. The number of nitrogens with zero attached hydrogens (tertiary/aromatic N) is 4. The van der Waals surface area contributed by atoms with Crippen molar-refractivity contribution in [3.8, 4) is 0 Å². The Morgan fingerprint density at radius 2 is 2.05 bits per heavy atom. The van der Waals surface area contributed by atoms with Gasteiger partial charge in [0.1, 0.15) is 15.9 Å². The molecule has 0 saturated carbocycles. The van der Waals surface area contributed by atoms with Gasteiger partial charge in [-0.1, -0.05) is 5.21 Å². The van der Waals surface area contributed by atoms with Crippen LogP contribution in [-0.2, 0) is 10.0 Å². The van der Waals surface area contributed by atoms with Gasteiger partial charge in [-0.2, -0.15) is 8.42 Å². The molecule has 3 aromatic rings. The van der Waals surface area contributed by atoms with Crippen molar-refractivity contribution in [1.82, 2.24) is 19.4 Å². The Kier molecular flexibility index (Phi) is 2.46. The van der Waals surface area contributed by atoms with Crippen LogP contribution in [0.25, 0.3) is 11.0 Å². The average molecular weight is 275 g/mol. The summed E-state index contributed by atoms with van der Waals surface area (Å²) in [5.41, 5.74) is 6.90. The van der Waals surface area contributed by atoms with E-state index in [0.717, 1.165) is 4.09 Å². The number of aromatic nitrogens is 4. The normalized spacial score (nSPS) is 11.8. The molecule has 96 valence electrons. The number of fused-ring (bicyclic) bond motifs is 1. The zero-order valence-corrected chi connectivity index (χ0v) is 10.4. The van der Waals surface area contributed by atoms with Gasteiger partial charge in [0.25, 0.3) is 10.0 Å². The molecule has 0 radical (unpaired) electrons. The summed E-state index contributed by atoms with van der Waals surface area (Å²) in [5.74, 6) is 0. The van der Waals surface area contributed by atoms with Crippen molar-refractivity contribution in [2.75, 3.05) is 5.73 Å². The first-order chi connectivity index (χ1) is 9.09. The number of anilines is 1. The number of pyridine rings is 1. The summed E-state index contributed by atoms with van der Waals surface area (Å²) in [6.45, 7) is 0. The molecule has 3 rings (SSSR count). The van der Waals surface area contributed by atoms with E-state index in [4.69, 9.17) is 5.73 Å². The zero-order chi connectivity index (χ0) is 13.5. The Morgan fingerprint density at radius 3 is 2.79 bits per heavy atom. The maximum absolute atomic E-state index is 12.4. The van der Waals surface area contributed by atoms with E-state index in [1.54, 1.807) is 18.2 Å². The smallest absolute Gasteiger partial charge is 0.286 e. The van der Waals surface area contributed by atoms with E-state index in [2.05, 4.69) is 15.3 Å². The van der Waals surface area contributed by atoms with Gasteiger partial charge in [-0.3, -0.25) is 4.98 Å². The minimum Gasteiger partial charge on any atom is -0.399 e. The van der Waals surface area contributed by atoms with Crippen molar-refractivity contribution < 1.29 is 8.42 Å². The Morgan fingerprint density at radius 1 is 1.21 bits per heavy atom. The lowest BCUT2D eigenvalue weighted by Crippen LogP contribution is -2.14. The summed E-state index contributed by atoms with van der Waals surface area (Å²) in [4.78, 5) is 3.84. The zero-order valence-electron chi connectivity index (χ0n) is 9.63. The predicted octanol–water partition coefficient (Wildman–Crippen LogP) is 0.645. The average Bonchev–Trinajstić information content (AvgIpc) is 2.83. The summed E-state index contributed by atoms with van der Waals surface area (Å²) in [6.07, 6.45) is 2.76. The third-order valence-electron chi connectivity index (χ3n) is 2.60. The summed E-state index contributed by atoms with van der Waals surface area (Å²) < 4.78 is 25.7. The van der Waals surface area contributed by atoms with Crippen LogP contribution in [0.4, 0.5) is 5.69 Å². The molecule has 19 heavy (non-hydrogen) atoms. The molecule has 0 aliphatic carbocycles. The maximum Gasteiger partial charge on any atom is 0.286 e. The van der Waals surface area contributed by atoms with Crippen molar-refractivity contribution in [3.05, 3.63) is 42.7 Å². The van der Waals surface area contributed by atoms with Gasteiger partial charge in [0, 0.05) is 18.1 Å². The molecule has 2 aromatic heterocycles. The van der Waals surface area contributed by atoms with Crippen molar-refractivity contribution in [3.63, 3.8) is 0 Å². The number of hydrogen-bond acceptors (Lipinski definition) is 6. The second-order valence-corrected chi connectivity index (χ2v) is 5.64. The highest BCUT2D eigenvalue weighted by molar-refractivity contribution is 7.90. The topological polar surface area (TPSA) is 104 Å². The number of nitrogens with two attached hydrogens (primary N) is 1. The van der Waals surface area contributed by atoms with Gasteiger partial charge in [-0.05, 0) is 30.3 Å². The minimum absolute atomic E-state index is 0.0456. The molecular weight excluding hydrogens is 266 g/mol. The Hall–Kier alpha value is -2.48. The first kappa shape index (κ1) is 11.6. The van der Waals surface area contributed by atoms with Crippen LogP contribution in [0.3, 0.4) is 0 Å². The standard InChI is InChI=1S/C11H9N5O2S/c12-8-3-4-10-11(6-8)16(15-14-10)19(17,18)9-2-1-5-13-7-9/h1-7H,12H2. The lowest BCUT2D eigenvalue weighted by molar-refractivity contribution is 0.579. The summed E-state index contributed by atoms with van der Waals surface area (Å²) >= 11 is 0. The number of benzene rings is 1. The lowest BCUT2D eigenvalue weighted by Gasteiger charge is -2.04. The summed E-state index contributed by atoms with van der Waals surface area (Å²) in [7, 11) is -3.81. The van der Waals surface area contributed by atoms with Gasteiger partial charge in [-0.15, -0.1) is 9.19 Å². The highest BCUT2D eigenvalue weighted by Crippen LogP contribution is 2.19. The Balaban J connectivity index is 2.28. The largest absolute Gasteiger partial charge is 0.399 e. The molecule has 0 aliphatic rings. The minimum atomic E-state index is -3.81. The van der Waals surface area contributed by atoms with E-state index in [1.807, 2.05) is 0 Å². The van der Waals surface area contributed by atoms with Gasteiger partial charge in [0.05, 0.1) is 0 Å². The van der Waals surface area contributed by atoms with Crippen molar-refractivity contribution in [1.29, 1.82) is 0 Å². The molecule has 0 aliphatic heterocycles. The monoisotopic (exact) mass is 275 g/mol. The Labute approximate surface area is 108 Å². The van der Waals surface area contributed by atoms with Crippen LogP contribution in [0.2, 0.25) is 0 Å². The van der Waals surface area contributed by atoms with Gasteiger partial charge in [0.2, 0.25) is 0 Å². The van der Waals surface area contributed by atoms with Crippen LogP contribution >= 0.6 is 0 Å². The molecule has 0 amide bonds. The fourth-order valence-corrected chi connectivity index (χ4v) is 2.87. The van der Waals surface area contributed by atoms with Crippen LogP contribution in [0.5, 0.6) is 0 Å². The van der Waals surface area contributed by atoms with Gasteiger partial charge < -0.3 is 5.73 Å². The highest BCUT2D eigenvalue weighted by atomic mass is 32.2. The van der Waals surface area contributed by atoms with E-state index in [0.29, 0.717) is 16.7 Å². The van der Waals surface area contributed by atoms with Crippen LogP contribution < -0.4 is 5.73 Å². The predicted molar refractivity (Wildman–Crippen MR) is 68.8 cm³/mol. The van der Waals surface area contributed by atoms with Crippen LogP contribution in [0.15, 0.2) is 47.6 Å². The highest BCUT2D eigenvalue weighted by Gasteiger charge is 2.21. The van der Waals surface area contributed by atoms with E-state index >= 15 is 0 Å². The van der Waals surface area contributed by atoms with E-state index in [9.17, 15) is 8.42 Å². The summed E-state index contributed by atoms with van der Waals surface area (Å²) in [5, 5.41) is 7.49. The summed E-state index contributed by atoms with van der Waals surface area (Å²) in [6, 6.07) is 7.76. The number of nitrogen functional groups attached to an aromatic ring is 1. The quantitative estimate of drug-likeness (QED) is 0.688. The van der Waals surface area contributed by atoms with E-state index < -0.39 is 10.0 Å². The third kappa shape index (κ3) is 1.82. The van der Waals surface area contributed by atoms with Gasteiger partial charge in [0.15, 0.2) is 0 Å². The molecule has 0 unspecified atom stereocenters.